The zero-order chi connectivity index (χ0) is 23.6. The minimum atomic E-state index is -1.46. The van der Waals surface area contributed by atoms with Crippen LogP contribution in [0.5, 0.6) is 5.75 Å². The molecule has 1 aromatic rings. The molecule has 0 bridgehead atoms. The van der Waals surface area contributed by atoms with Crippen LogP contribution >= 0.6 is 0 Å². The first-order valence-corrected chi connectivity index (χ1v) is 14.0. The lowest BCUT2D eigenvalue weighted by molar-refractivity contribution is -0.156. The van der Waals surface area contributed by atoms with Gasteiger partial charge in [0.1, 0.15) is 20.5 Å². The van der Waals surface area contributed by atoms with E-state index in [1.807, 2.05) is 60.6 Å². The normalized spacial score (nSPS) is 13.8. The summed E-state index contributed by atoms with van der Waals surface area (Å²) < 4.78 is 28.8. The van der Waals surface area contributed by atoms with E-state index in [2.05, 4.69) is 12.6 Å². The fraction of sp³-hybridized carbons (Fsp3) is 0.708. The Hall–Kier alpha value is -1.41. The number of hydrogen-bond acceptors (Lipinski definition) is 6. The SMILES string of the molecule is CCOc1ccc(C[C@H](OC(C)C)C(=O)OC)cc1C[SiH](C)C(OC(C)C)OC(C)C. The Morgan fingerprint density at radius 2 is 1.55 bits per heavy atom. The molecule has 0 aliphatic rings. The van der Waals surface area contributed by atoms with Gasteiger partial charge in [0.2, 0.25) is 0 Å². The Morgan fingerprint density at radius 3 is 2.03 bits per heavy atom. The highest BCUT2D eigenvalue weighted by Gasteiger charge is 2.26. The van der Waals surface area contributed by atoms with E-state index in [9.17, 15) is 4.79 Å². The molecule has 31 heavy (non-hydrogen) atoms. The third kappa shape index (κ3) is 10.2. The van der Waals surface area contributed by atoms with Crippen molar-refractivity contribution in [1.29, 1.82) is 0 Å². The van der Waals surface area contributed by atoms with E-state index in [1.54, 1.807) is 0 Å². The van der Waals surface area contributed by atoms with Gasteiger partial charge in [-0.25, -0.2) is 4.79 Å². The molecule has 6 nitrogen and oxygen atoms in total. The van der Waals surface area contributed by atoms with Crippen LogP contribution in [0, 0.1) is 0 Å². The van der Waals surface area contributed by atoms with Gasteiger partial charge in [-0.1, -0.05) is 18.7 Å². The molecule has 7 heteroatoms. The first kappa shape index (κ1) is 27.6. The van der Waals surface area contributed by atoms with Crippen molar-refractivity contribution in [1.82, 2.24) is 0 Å². The lowest BCUT2D eigenvalue weighted by Gasteiger charge is -2.28. The predicted molar refractivity (Wildman–Crippen MR) is 126 cm³/mol. The van der Waals surface area contributed by atoms with Crippen molar-refractivity contribution in [3.63, 3.8) is 0 Å². The van der Waals surface area contributed by atoms with Crippen LogP contribution < -0.4 is 4.74 Å². The number of esters is 1. The van der Waals surface area contributed by atoms with Gasteiger partial charge in [-0.3, -0.25) is 0 Å². The number of benzene rings is 1. The van der Waals surface area contributed by atoms with Gasteiger partial charge in [0.05, 0.1) is 32.0 Å². The van der Waals surface area contributed by atoms with Crippen molar-refractivity contribution in [2.75, 3.05) is 13.7 Å². The van der Waals surface area contributed by atoms with Crippen LogP contribution in [0.1, 0.15) is 59.6 Å². The van der Waals surface area contributed by atoms with Crippen LogP contribution in [-0.4, -0.2) is 58.8 Å². The summed E-state index contributed by atoms with van der Waals surface area (Å²) in [5.41, 5.74) is 2.14. The third-order valence-electron chi connectivity index (χ3n) is 4.57. The smallest absolute Gasteiger partial charge is 0.335 e. The zero-order valence-electron chi connectivity index (χ0n) is 20.8. The second kappa shape index (κ2) is 13.9. The Balaban J connectivity index is 3.12. The molecule has 0 aliphatic heterocycles. The van der Waals surface area contributed by atoms with Gasteiger partial charge in [-0.2, -0.15) is 0 Å². The Morgan fingerprint density at radius 1 is 0.968 bits per heavy atom. The van der Waals surface area contributed by atoms with Crippen molar-refractivity contribution < 1.29 is 28.5 Å². The summed E-state index contributed by atoms with van der Waals surface area (Å²) in [5, 5.41) is 0. The molecule has 0 saturated carbocycles. The molecule has 0 heterocycles. The van der Waals surface area contributed by atoms with Crippen LogP contribution in [0.2, 0.25) is 6.55 Å². The molecular weight excluding hydrogens is 412 g/mol. The summed E-state index contributed by atoms with van der Waals surface area (Å²) in [7, 11) is -0.0735. The first-order chi connectivity index (χ1) is 14.6. The lowest BCUT2D eigenvalue weighted by Crippen LogP contribution is -2.39. The molecule has 0 spiro atoms. The molecule has 0 fully saturated rings. The average molecular weight is 455 g/mol. The maximum Gasteiger partial charge on any atom is 0.335 e. The maximum absolute atomic E-state index is 12.2. The highest BCUT2D eigenvalue weighted by molar-refractivity contribution is 6.57. The molecule has 2 atom stereocenters. The standard InChI is InChI=1S/C24H42O6Si/c1-10-27-21-12-11-19(14-22(23(25)26-8)28-16(2)3)13-20(21)15-31(9)24(29-17(4)5)30-18(6)7/h11-13,16-18,22,24,31H,10,14-15H2,1-9H3/t22-,31?/m0/s1. The summed E-state index contributed by atoms with van der Waals surface area (Å²) >= 11 is 0. The Labute approximate surface area is 190 Å². The van der Waals surface area contributed by atoms with Crippen LogP contribution in [0.4, 0.5) is 0 Å². The highest BCUT2D eigenvalue weighted by Crippen LogP contribution is 2.25. The van der Waals surface area contributed by atoms with E-state index in [0.29, 0.717) is 13.0 Å². The molecule has 1 aromatic carbocycles. The summed E-state index contributed by atoms with van der Waals surface area (Å²) in [5.74, 6) is 0.339. The molecule has 0 amide bonds. The molecule has 0 N–H and O–H groups in total. The summed E-state index contributed by atoms with van der Waals surface area (Å²) in [6.45, 7) is 16.8. The van der Waals surface area contributed by atoms with Crippen LogP contribution in [0.25, 0.3) is 0 Å². The van der Waals surface area contributed by atoms with Crippen LogP contribution in [0.3, 0.4) is 0 Å². The summed E-state index contributed by atoms with van der Waals surface area (Å²) in [6, 6.07) is 6.96. The van der Waals surface area contributed by atoms with E-state index < -0.39 is 14.9 Å². The van der Waals surface area contributed by atoms with Crippen molar-refractivity contribution in [3.05, 3.63) is 29.3 Å². The third-order valence-corrected chi connectivity index (χ3v) is 6.89. The molecule has 1 rings (SSSR count). The Kier molecular flexibility index (Phi) is 12.4. The molecule has 1 unspecified atom stereocenters. The molecule has 0 saturated heterocycles. The van der Waals surface area contributed by atoms with Gasteiger partial charge in [0, 0.05) is 6.42 Å². The number of methoxy groups -OCH3 is 1. The second-order valence-electron chi connectivity index (χ2n) is 8.70. The van der Waals surface area contributed by atoms with Gasteiger partial charge in [0.15, 0.2) is 6.10 Å². The van der Waals surface area contributed by atoms with Crippen LogP contribution in [-0.2, 0) is 36.2 Å². The van der Waals surface area contributed by atoms with E-state index in [4.69, 9.17) is 23.7 Å². The highest BCUT2D eigenvalue weighted by atomic mass is 28.3. The van der Waals surface area contributed by atoms with Gasteiger partial charge < -0.3 is 23.7 Å². The van der Waals surface area contributed by atoms with E-state index in [0.717, 1.165) is 22.9 Å². The molecule has 0 aromatic heterocycles. The van der Waals surface area contributed by atoms with E-state index in [-0.39, 0.29) is 30.2 Å². The van der Waals surface area contributed by atoms with Crippen molar-refractivity contribution in [2.24, 2.45) is 0 Å². The molecule has 0 radical (unpaired) electrons. The number of carbonyl (C=O) groups excluding carboxylic acids is 1. The molecule has 178 valence electrons. The number of ether oxygens (including phenoxy) is 5. The number of hydrogen-bond donors (Lipinski definition) is 0. The molecular formula is C24H42O6Si. The lowest BCUT2D eigenvalue weighted by atomic mass is 10.0. The summed E-state index contributed by atoms with van der Waals surface area (Å²) in [4.78, 5) is 12.2. The first-order valence-electron chi connectivity index (χ1n) is 11.4. The minimum Gasteiger partial charge on any atom is -0.494 e. The second-order valence-corrected chi connectivity index (χ2v) is 11.6. The van der Waals surface area contributed by atoms with Crippen molar-refractivity contribution >= 4 is 14.8 Å². The monoisotopic (exact) mass is 454 g/mol. The number of carbonyl (C=O) groups is 1. The fourth-order valence-electron chi connectivity index (χ4n) is 3.36. The summed E-state index contributed by atoms with van der Waals surface area (Å²) in [6.07, 6.45) is -0.0439. The van der Waals surface area contributed by atoms with Gasteiger partial charge in [-0.05, 0) is 71.7 Å². The van der Waals surface area contributed by atoms with Gasteiger partial charge in [-0.15, -0.1) is 0 Å². The van der Waals surface area contributed by atoms with Crippen LogP contribution in [0.15, 0.2) is 18.2 Å². The van der Waals surface area contributed by atoms with Crippen molar-refractivity contribution in [3.8, 4) is 5.75 Å². The zero-order valence-corrected chi connectivity index (χ0v) is 21.9. The largest absolute Gasteiger partial charge is 0.494 e. The topological polar surface area (TPSA) is 63.2 Å². The predicted octanol–water partition coefficient (Wildman–Crippen LogP) is 4.25. The Bertz CT molecular complexity index is 651. The maximum atomic E-state index is 12.2. The van der Waals surface area contributed by atoms with Gasteiger partial charge in [0.25, 0.3) is 0 Å². The van der Waals surface area contributed by atoms with Gasteiger partial charge >= 0.3 is 5.97 Å². The minimum absolute atomic E-state index is 0.0687. The van der Waals surface area contributed by atoms with E-state index in [1.165, 1.54) is 7.11 Å². The average Bonchev–Trinajstić information content (AvgIpc) is 2.67. The van der Waals surface area contributed by atoms with Crippen molar-refractivity contribution in [2.45, 2.75) is 97.8 Å². The fourth-order valence-corrected chi connectivity index (χ4v) is 5.73. The van der Waals surface area contributed by atoms with E-state index >= 15 is 0 Å². The quantitative estimate of drug-likeness (QED) is 0.238. The molecule has 0 aliphatic carbocycles. The number of rotatable bonds is 14.